The maximum atomic E-state index is 12.4. The van der Waals surface area contributed by atoms with E-state index < -0.39 is 18.1 Å². The number of amides is 1. The summed E-state index contributed by atoms with van der Waals surface area (Å²) in [7, 11) is 5.06. The van der Waals surface area contributed by atoms with Gasteiger partial charge in [-0.05, 0) is 36.2 Å². The minimum atomic E-state index is -0.965. The molecule has 7 heteroatoms. The average Bonchev–Trinajstić information content (AvgIpc) is 2.75. The molecule has 0 spiro atoms. The number of hydrogen-bond acceptors (Lipinski definition) is 6. The summed E-state index contributed by atoms with van der Waals surface area (Å²) >= 11 is 0. The van der Waals surface area contributed by atoms with Gasteiger partial charge in [-0.15, -0.1) is 0 Å². The van der Waals surface area contributed by atoms with Crippen molar-refractivity contribution >= 4 is 23.5 Å². The number of Topliss-reactive ketones (excluding diaryl/α,β-unsaturated/α-hetero) is 1. The van der Waals surface area contributed by atoms with Crippen molar-refractivity contribution in [2.75, 3.05) is 26.1 Å². The number of carbonyl (C=O) groups excluding carboxylic acids is 3. The molecule has 0 radical (unpaired) electrons. The fourth-order valence-electron chi connectivity index (χ4n) is 2.66. The van der Waals surface area contributed by atoms with Crippen molar-refractivity contribution in [2.24, 2.45) is 0 Å². The van der Waals surface area contributed by atoms with Gasteiger partial charge in [-0.2, -0.15) is 0 Å². The molecule has 0 aliphatic heterocycles. The number of alkyl carbamates (subject to hydrolysis) is 1. The van der Waals surface area contributed by atoms with E-state index in [1.165, 1.54) is 7.11 Å². The molecule has 154 valence electrons. The molecule has 0 heterocycles. The van der Waals surface area contributed by atoms with Gasteiger partial charge in [-0.25, -0.2) is 9.59 Å². The van der Waals surface area contributed by atoms with Gasteiger partial charge in [0.2, 0.25) is 0 Å². The number of anilines is 1. The number of rotatable bonds is 9. The van der Waals surface area contributed by atoms with E-state index in [1.54, 1.807) is 12.1 Å². The lowest BCUT2D eigenvalue weighted by molar-refractivity contribution is -0.143. The van der Waals surface area contributed by atoms with Gasteiger partial charge < -0.3 is 19.7 Å². The van der Waals surface area contributed by atoms with Crippen LogP contribution in [0.4, 0.5) is 10.5 Å². The molecule has 7 nitrogen and oxygen atoms in total. The highest BCUT2D eigenvalue weighted by atomic mass is 16.6. The summed E-state index contributed by atoms with van der Waals surface area (Å²) in [5.74, 6) is -0.749. The van der Waals surface area contributed by atoms with E-state index >= 15 is 0 Å². The first-order valence-corrected chi connectivity index (χ1v) is 9.26. The lowest BCUT2D eigenvalue weighted by Gasteiger charge is -2.16. The molecule has 2 aromatic carbocycles. The van der Waals surface area contributed by atoms with Gasteiger partial charge >= 0.3 is 12.1 Å². The summed E-state index contributed by atoms with van der Waals surface area (Å²) < 4.78 is 9.86. The first-order chi connectivity index (χ1) is 13.9. The Bertz CT molecular complexity index is 819. The number of esters is 1. The van der Waals surface area contributed by atoms with Gasteiger partial charge in [-0.3, -0.25) is 4.79 Å². The summed E-state index contributed by atoms with van der Waals surface area (Å²) in [4.78, 5) is 38.4. The summed E-state index contributed by atoms with van der Waals surface area (Å²) in [5, 5.41) is 2.47. The summed E-state index contributed by atoms with van der Waals surface area (Å²) in [5.41, 5.74) is 2.36. The van der Waals surface area contributed by atoms with Crippen molar-refractivity contribution in [1.82, 2.24) is 5.32 Å². The van der Waals surface area contributed by atoms with Crippen molar-refractivity contribution in [3.05, 3.63) is 65.7 Å². The second-order valence-corrected chi connectivity index (χ2v) is 6.68. The predicted octanol–water partition coefficient (Wildman–Crippen LogP) is 3.18. The van der Waals surface area contributed by atoms with Crippen LogP contribution in [0, 0.1) is 0 Å². The fourth-order valence-corrected chi connectivity index (χ4v) is 2.66. The SMILES string of the molecule is COC(=O)C(CCC(=O)c1ccc(N(C)C)cc1)NC(=O)OCc1ccccc1. The zero-order valence-corrected chi connectivity index (χ0v) is 16.9. The van der Waals surface area contributed by atoms with E-state index in [4.69, 9.17) is 9.47 Å². The minimum Gasteiger partial charge on any atom is -0.467 e. The summed E-state index contributed by atoms with van der Waals surface area (Å²) in [6, 6.07) is 15.4. The third-order valence-electron chi connectivity index (χ3n) is 4.36. The first kappa shape index (κ1) is 21.9. The smallest absolute Gasteiger partial charge is 0.408 e. The number of hydrogen-bond donors (Lipinski definition) is 1. The van der Waals surface area contributed by atoms with E-state index in [9.17, 15) is 14.4 Å². The second kappa shape index (κ2) is 10.8. The lowest BCUT2D eigenvalue weighted by Crippen LogP contribution is -2.42. The van der Waals surface area contributed by atoms with Crippen LogP contribution in [0.2, 0.25) is 0 Å². The van der Waals surface area contributed by atoms with Crippen molar-refractivity contribution in [2.45, 2.75) is 25.5 Å². The van der Waals surface area contributed by atoms with E-state index in [1.807, 2.05) is 61.5 Å². The van der Waals surface area contributed by atoms with Gasteiger partial charge in [0.15, 0.2) is 5.78 Å². The number of ketones is 1. The molecule has 0 fully saturated rings. The largest absolute Gasteiger partial charge is 0.467 e. The van der Waals surface area contributed by atoms with E-state index in [0.29, 0.717) is 5.56 Å². The number of nitrogens with zero attached hydrogens (tertiary/aromatic N) is 1. The van der Waals surface area contributed by atoms with Crippen LogP contribution in [0.3, 0.4) is 0 Å². The van der Waals surface area contributed by atoms with E-state index in [-0.39, 0.29) is 25.2 Å². The third kappa shape index (κ3) is 6.95. The molecular formula is C22H26N2O5. The number of nitrogens with one attached hydrogen (secondary N) is 1. The van der Waals surface area contributed by atoms with Crippen molar-refractivity contribution in [3.63, 3.8) is 0 Å². The summed E-state index contributed by atoms with van der Waals surface area (Å²) in [6.45, 7) is 0.0811. The molecule has 2 rings (SSSR count). The van der Waals surface area contributed by atoms with Crippen molar-refractivity contribution in [1.29, 1.82) is 0 Å². The van der Waals surface area contributed by atoms with Crippen LogP contribution in [0.5, 0.6) is 0 Å². The van der Waals surface area contributed by atoms with Crippen LogP contribution in [0.15, 0.2) is 54.6 Å². The fraction of sp³-hybridized carbons (Fsp3) is 0.318. The Morgan fingerprint density at radius 3 is 2.24 bits per heavy atom. The van der Waals surface area contributed by atoms with Gasteiger partial charge in [0.1, 0.15) is 12.6 Å². The number of benzene rings is 2. The van der Waals surface area contributed by atoms with Crippen LogP contribution in [0.25, 0.3) is 0 Å². The highest BCUT2D eigenvalue weighted by Gasteiger charge is 2.23. The Balaban J connectivity index is 1.89. The highest BCUT2D eigenvalue weighted by Crippen LogP contribution is 2.15. The second-order valence-electron chi connectivity index (χ2n) is 6.68. The van der Waals surface area contributed by atoms with Gasteiger partial charge in [0, 0.05) is 31.8 Å². The monoisotopic (exact) mass is 398 g/mol. The maximum absolute atomic E-state index is 12.4. The molecule has 0 saturated heterocycles. The van der Waals surface area contributed by atoms with Crippen LogP contribution < -0.4 is 10.2 Å². The Kier molecular flexibility index (Phi) is 8.21. The van der Waals surface area contributed by atoms with Gasteiger partial charge in [0.25, 0.3) is 0 Å². The van der Waals surface area contributed by atoms with Crippen LogP contribution >= 0.6 is 0 Å². The lowest BCUT2D eigenvalue weighted by atomic mass is 10.0. The molecule has 1 atom stereocenters. The minimum absolute atomic E-state index is 0.0811. The Morgan fingerprint density at radius 1 is 1.00 bits per heavy atom. The van der Waals surface area contributed by atoms with Crippen LogP contribution in [0.1, 0.15) is 28.8 Å². The molecule has 1 amide bonds. The molecule has 2 aromatic rings. The molecule has 0 aromatic heterocycles. The molecule has 0 saturated carbocycles. The average molecular weight is 398 g/mol. The van der Waals surface area contributed by atoms with Crippen molar-refractivity contribution in [3.8, 4) is 0 Å². The van der Waals surface area contributed by atoms with Crippen LogP contribution in [-0.4, -0.2) is 45.1 Å². The van der Waals surface area contributed by atoms with Crippen molar-refractivity contribution < 1.29 is 23.9 Å². The summed E-state index contributed by atoms with van der Waals surface area (Å²) in [6.07, 6.45) is -0.548. The molecule has 1 N–H and O–H groups in total. The van der Waals surface area contributed by atoms with E-state index in [2.05, 4.69) is 5.32 Å². The number of methoxy groups -OCH3 is 1. The quantitative estimate of drug-likeness (QED) is 0.516. The Morgan fingerprint density at radius 2 is 1.66 bits per heavy atom. The maximum Gasteiger partial charge on any atom is 0.408 e. The molecule has 29 heavy (non-hydrogen) atoms. The van der Waals surface area contributed by atoms with Crippen LogP contribution in [-0.2, 0) is 20.9 Å². The zero-order chi connectivity index (χ0) is 21.2. The standard InChI is InChI=1S/C22H26N2O5/c1-24(2)18-11-9-17(10-12-18)20(25)14-13-19(21(26)28-3)23-22(27)29-15-16-7-5-4-6-8-16/h4-12,19H,13-15H2,1-3H3,(H,23,27). The molecule has 1 unspecified atom stereocenters. The molecule has 0 aliphatic carbocycles. The molecular weight excluding hydrogens is 372 g/mol. The van der Waals surface area contributed by atoms with Gasteiger partial charge in [-0.1, -0.05) is 30.3 Å². The normalized spacial score (nSPS) is 11.3. The Labute approximate surface area is 170 Å². The first-order valence-electron chi connectivity index (χ1n) is 9.26. The number of carbonyl (C=O) groups is 3. The third-order valence-corrected chi connectivity index (χ3v) is 4.36. The molecule has 0 aliphatic rings. The Hall–Kier alpha value is -3.35. The highest BCUT2D eigenvalue weighted by molar-refractivity contribution is 5.96. The topological polar surface area (TPSA) is 84.9 Å². The predicted molar refractivity (Wildman–Crippen MR) is 110 cm³/mol. The van der Waals surface area contributed by atoms with Gasteiger partial charge in [0.05, 0.1) is 7.11 Å². The zero-order valence-electron chi connectivity index (χ0n) is 16.9. The molecule has 0 bridgehead atoms. The van der Waals surface area contributed by atoms with E-state index in [0.717, 1.165) is 11.3 Å². The number of ether oxygens (including phenoxy) is 2.